The molecule has 0 saturated heterocycles. The van der Waals surface area contributed by atoms with Crippen molar-refractivity contribution in [1.29, 1.82) is 0 Å². The summed E-state index contributed by atoms with van der Waals surface area (Å²) >= 11 is 1.43. The van der Waals surface area contributed by atoms with Gasteiger partial charge in [0.05, 0.1) is 24.5 Å². The van der Waals surface area contributed by atoms with Crippen LogP contribution >= 0.6 is 11.3 Å². The molecule has 0 spiro atoms. The minimum Gasteiger partial charge on any atom is -0.472 e. The van der Waals surface area contributed by atoms with Gasteiger partial charge < -0.3 is 14.8 Å². The smallest absolute Gasteiger partial charge is 0.226 e. The number of rotatable bonds is 6. The number of thiazole rings is 1. The summed E-state index contributed by atoms with van der Waals surface area (Å²) < 4.78 is 18.1. The summed E-state index contributed by atoms with van der Waals surface area (Å²) in [6.45, 7) is 0.0149. The molecule has 2 aromatic heterocycles. The maximum atomic E-state index is 13.1. The van der Waals surface area contributed by atoms with Gasteiger partial charge >= 0.3 is 0 Å². The predicted molar refractivity (Wildman–Crippen MR) is 87.9 cm³/mol. The van der Waals surface area contributed by atoms with Crippen LogP contribution in [0.3, 0.4) is 0 Å². The molecule has 0 radical (unpaired) electrons. The van der Waals surface area contributed by atoms with E-state index in [1.807, 2.05) is 5.38 Å². The van der Waals surface area contributed by atoms with Gasteiger partial charge in [0.1, 0.15) is 17.1 Å². The molecule has 0 aliphatic carbocycles. The first kappa shape index (κ1) is 16.4. The first-order valence-electron chi connectivity index (χ1n) is 7.29. The van der Waals surface area contributed by atoms with E-state index >= 15 is 0 Å². The molecule has 3 aromatic rings. The van der Waals surface area contributed by atoms with Crippen molar-refractivity contribution in [3.8, 4) is 10.6 Å². The molecule has 24 heavy (non-hydrogen) atoms. The van der Waals surface area contributed by atoms with Gasteiger partial charge in [0.15, 0.2) is 0 Å². The van der Waals surface area contributed by atoms with Gasteiger partial charge in [0, 0.05) is 17.5 Å². The molecule has 0 unspecified atom stereocenters. The Labute approximate surface area is 141 Å². The summed E-state index contributed by atoms with van der Waals surface area (Å²) in [5.41, 5.74) is 1.94. The van der Waals surface area contributed by atoms with Crippen LogP contribution < -0.4 is 5.32 Å². The first-order chi connectivity index (χ1) is 11.6. The number of nitrogens with zero attached hydrogens (tertiary/aromatic N) is 1. The Morgan fingerprint density at radius 3 is 3.04 bits per heavy atom. The molecule has 2 N–H and O–H groups in total. The topological polar surface area (TPSA) is 75.4 Å². The molecule has 0 fully saturated rings. The van der Waals surface area contributed by atoms with Crippen LogP contribution in [0.2, 0.25) is 0 Å². The van der Waals surface area contributed by atoms with E-state index in [-0.39, 0.29) is 18.9 Å². The fraction of sp³-hybridized carbons (Fsp3) is 0.176. The number of furan rings is 1. The van der Waals surface area contributed by atoms with E-state index in [0.717, 1.165) is 10.6 Å². The Bertz CT molecular complexity index is 817. The molecule has 0 aliphatic rings. The average molecular weight is 346 g/mol. The number of nitrogens with one attached hydrogen (secondary N) is 1. The molecule has 5 nitrogen and oxygen atoms in total. The van der Waals surface area contributed by atoms with Crippen molar-refractivity contribution in [2.75, 3.05) is 6.54 Å². The Morgan fingerprint density at radius 1 is 1.42 bits per heavy atom. The fourth-order valence-corrected chi connectivity index (χ4v) is 2.98. The molecule has 7 heteroatoms. The van der Waals surface area contributed by atoms with Gasteiger partial charge in [-0.1, -0.05) is 12.1 Å². The number of benzene rings is 1. The Balaban J connectivity index is 1.52. The van der Waals surface area contributed by atoms with Gasteiger partial charge in [-0.3, -0.25) is 4.79 Å². The highest BCUT2D eigenvalue weighted by Gasteiger charge is 2.13. The monoisotopic (exact) mass is 346 g/mol. The van der Waals surface area contributed by atoms with Crippen LogP contribution in [0.5, 0.6) is 0 Å². The molecular formula is C17H15FN2O3S. The quantitative estimate of drug-likeness (QED) is 0.720. The Kier molecular flexibility index (Phi) is 5.02. The van der Waals surface area contributed by atoms with Crippen LogP contribution in [0.15, 0.2) is 52.7 Å². The lowest BCUT2D eigenvalue weighted by molar-refractivity contribution is -0.120. The zero-order chi connectivity index (χ0) is 16.9. The van der Waals surface area contributed by atoms with Crippen LogP contribution in [0.4, 0.5) is 4.39 Å². The zero-order valence-electron chi connectivity index (χ0n) is 12.6. The van der Waals surface area contributed by atoms with E-state index in [2.05, 4.69) is 10.3 Å². The predicted octanol–water partition coefficient (Wildman–Crippen LogP) is 2.93. The summed E-state index contributed by atoms with van der Waals surface area (Å²) in [6.07, 6.45) is 2.32. The second-order valence-corrected chi connectivity index (χ2v) is 6.07. The van der Waals surface area contributed by atoms with Crippen LogP contribution in [-0.2, 0) is 11.2 Å². The highest BCUT2D eigenvalue weighted by atomic mass is 32.1. The van der Waals surface area contributed by atoms with Crippen molar-refractivity contribution in [3.63, 3.8) is 0 Å². The van der Waals surface area contributed by atoms with Gasteiger partial charge in [0.2, 0.25) is 5.91 Å². The molecule has 2 heterocycles. The Morgan fingerprint density at radius 2 is 2.29 bits per heavy atom. The van der Waals surface area contributed by atoms with Gasteiger partial charge in [-0.05, 0) is 23.8 Å². The number of aliphatic hydroxyl groups excluding tert-OH is 1. The molecular weight excluding hydrogens is 331 g/mol. The SMILES string of the molecule is O=C(Cc1csc(-c2ccoc2)n1)NC[C@H](O)c1cccc(F)c1. The number of carbonyl (C=O) groups excluding carboxylic acids is 1. The van der Waals surface area contributed by atoms with E-state index in [9.17, 15) is 14.3 Å². The standard InChI is InChI=1S/C17H15FN2O3S/c18-13-3-1-2-11(6-13)15(21)8-19-16(22)7-14-10-24-17(20-14)12-4-5-23-9-12/h1-6,9-10,15,21H,7-8H2,(H,19,22)/t15-/m0/s1. The van der Waals surface area contributed by atoms with Gasteiger partial charge in [0.25, 0.3) is 0 Å². The van der Waals surface area contributed by atoms with E-state index in [1.54, 1.807) is 24.7 Å². The lowest BCUT2D eigenvalue weighted by Gasteiger charge is -2.12. The third kappa shape index (κ3) is 4.06. The zero-order valence-corrected chi connectivity index (χ0v) is 13.4. The van der Waals surface area contributed by atoms with E-state index in [1.165, 1.54) is 29.5 Å². The molecule has 0 bridgehead atoms. The maximum Gasteiger partial charge on any atom is 0.226 e. The van der Waals surface area contributed by atoms with Crippen molar-refractivity contribution >= 4 is 17.2 Å². The molecule has 1 amide bonds. The molecule has 1 atom stereocenters. The molecule has 0 saturated carbocycles. The van der Waals surface area contributed by atoms with Crippen molar-refractivity contribution in [2.24, 2.45) is 0 Å². The minimum absolute atomic E-state index is 0.0149. The number of hydrogen-bond donors (Lipinski definition) is 2. The van der Waals surface area contributed by atoms with Gasteiger partial charge in [-0.15, -0.1) is 11.3 Å². The molecule has 0 aliphatic heterocycles. The van der Waals surface area contributed by atoms with Crippen LogP contribution in [0.1, 0.15) is 17.4 Å². The third-order valence-corrected chi connectivity index (χ3v) is 4.33. The minimum atomic E-state index is -0.957. The third-order valence-electron chi connectivity index (χ3n) is 3.39. The van der Waals surface area contributed by atoms with Crippen LogP contribution in [-0.4, -0.2) is 22.5 Å². The van der Waals surface area contributed by atoms with Gasteiger partial charge in [-0.25, -0.2) is 9.37 Å². The largest absolute Gasteiger partial charge is 0.472 e. The average Bonchev–Trinajstić information content (AvgIpc) is 3.23. The summed E-state index contributed by atoms with van der Waals surface area (Å²) in [7, 11) is 0. The number of aliphatic hydroxyl groups is 1. The second-order valence-electron chi connectivity index (χ2n) is 5.21. The molecule has 3 rings (SSSR count). The summed E-state index contributed by atoms with van der Waals surface area (Å²) in [5.74, 6) is -0.679. The summed E-state index contributed by atoms with van der Waals surface area (Å²) in [6, 6.07) is 7.47. The summed E-state index contributed by atoms with van der Waals surface area (Å²) in [5, 5.41) is 15.2. The Hall–Kier alpha value is -2.51. The number of aromatic nitrogens is 1. The number of carbonyl (C=O) groups is 1. The van der Waals surface area contributed by atoms with E-state index in [4.69, 9.17) is 4.42 Å². The summed E-state index contributed by atoms with van der Waals surface area (Å²) in [4.78, 5) is 16.3. The second kappa shape index (κ2) is 7.37. The fourth-order valence-electron chi connectivity index (χ4n) is 2.18. The van der Waals surface area contributed by atoms with Crippen molar-refractivity contribution < 1.29 is 18.7 Å². The van der Waals surface area contributed by atoms with Crippen molar-refractivity contribution in [3.05, 3.63) is 65.3 Å². The number of hydrogen-bond acceptors (Lipinski definition) is 5. The van der Waals surface area contributed by atoms with Crippen LogP contribution in [0, 0.1) is 5.82 Å². The van der Waals surface area contributed by atoms with Crippen molar-refractivity contribution in [1.82, 2.24) is 10.3 Å². The van der Waals surface area contributed by atoms with Gasteiger partial charge in [-0.2, -0.15) is 0 Å². The molecule has 1 aromatic carbocycles. The molecule has 124 valence electrons. The lowest BCUT2D eigenvalue weighted by atomic mass is 10.1. The highest BCUT2D eigenvalue weighted by molar-refractivity contribution is 7.13. The van der Waals surface area contributed by atoms with E-state index < -0.39 is 11.9 Å². The van der Waals surface area contributed by atoms with Crippen molar-refractivity contribution in [2.45, 2.75) is 12.5 Å². The normalized spacial score (nSPS) is 12.1. The van der Waals surface area contributed by atoms with E-state index in [0.29, 0.717) is 11.3 Å². The highest BCUT2D eigenvalue weighted by Crippen LogP contribution is 2.24. The maximum absolute atomic E-state index is 13.1. The number of amides is 1. The number of halogens is 1. The first-order valence-corrected chi connectivity index (χ1v) is 8.17. The van der Waals surface area contributed by atoms with Crippen LogP contribution in [0.25, 0.3) is 10.6 Å². The lowest BCUT2D eigenvalue weighted by Crippen LogP contribution is -2.29.